The fraction of sp³-hybridized carbons (Fsp3) is 0.136. The number of nitrogens with one attached hydrogen (secondary N) is 1. The Morgan fingerprint density at radius 2 is 1.90 bits per heavy atom. The molecule has 0 spiro atoms. The molecule has 3 aromatic rings. The molecule has 0 radical (unpaired) electrons. The maximum atomic E-state index is 12.1. The summed E-state index contributed by atoms with van der Waals surface area (Å²) in [6.45, 7) is 2.65. The summed E-state index contributed by atoms with van der Waals surface area (Å²) in [5.74, 6) is 0.270. The standard InChI is InChI=1S/C22H20N2O5/c1-2-12-28-18-8-6-15(7-9-18)21(25)24-23-14-19-10-11-20(29-19)16-4-3-5-17(13-16)22(26)27/h3-11,13-14H,2,12H2,1H3,(H,24,25)(H,26,27)/b23-14+. The van der Waals surface area contributed by atoms with Crippen molar-refractivity contribution in [2.45, 2.75) is 13.3 Å². The molecule has 2 aromatic carbocycles. The SMILES string of the molecule is CCCOc1ccc(C(=O)N/N=C/c2ccc(-c3cccc(C(=O)O)c3)o2)cc1. The zero-order chi connectivity index (χ0) is 20.6. The van der Waals surface area contributed by atoms with E-state index in [0.717, 1.165) is 6.42 Å². The lowest BCUT2D eigenvalue weighted by molar-refractivity contribution is 0.0696. The maximum Gasteiger partial charge on any atom is 0.335 e. The van der Waals surface area contributed by atoms with Gasteiger partial charge in [-0.05, 0) is 55.0 Å². The highest BCUT2D eigenvalue weighted by atomic mass is 16.5. The monoisotopic (exact) mass is 392 g/mol. The number of hydrazone groups is 1. The van der Waals surface area contributed by atoms with E-state index in [1.165, 1.54) is 18.3 Å². The number of hydrogen-bond acceptors (Lipinski definition) is 5. The van der Waals surface area contributed by atoms with Crippen LogP contribution in [0.25, 0.3) is 11.3 Å². The molecule has 7 nitrogen and oxygen atoms in total. The van der Waals surface area contributed by atoms with Crippen LogP contribution in [0, 0.1) is 0 Å². The number of benzene rings is 2. The molecule has 0 saturated heterocycles. The number of carbonyl (C=O) groups excluding carboxylic acids is 1. The molecule has 2 N–H and O–H groups in total. The first-order chi connectivity index (χ1) is 14.1. The molecule has 1 aromatic heterocycles. The number of aromatic carboxylic acids is 1. The van der Waals surface area contributed by atoms with Gasteiger partial charge < -0.3 is 14.3 Å². The minimum absolute atomic E-state index is 0.174. The fourth-order valence-corrected chi connectivity index (χ4v) is 2.52. The summed E-state index contributed by atoms with van der Waals surface area (Å²) in [7, 11) is 0. The minimum atomic E-state index is -1.01. The largest absolute Gasteiger partial charge is 0.494 e. The van der Waals surface area contributed by atoms with Crippen LogP contribution in [0.1, 0.15) is 39.8 Å². The maximum absolute atomic E-state index is 12.1. The highest BCUT2D eigenvalue weighted by molar-refractivity contribution is 5.94. The second-order valence-corrected chi connectivity index (χ2v) is 6.16. The van der Waals surface area contributed by atoms with Crippen molar-refractivity contribution in [3.63, 3.8) is 0 Å². The number of carboxylic acid groups (broad SMARTS) is 1. The highest BCUT2D eigenvalue weighted by Gasteiger charge is 2.08. The Kier molecular flexibility index (Phi) is 6.42. The van der Waals surface area contributed by atoms with Gasteiger partial charge in [-0.25, -0.2) is 10.2 Å². The summed E-state index contributed by atoms with van der Waals surface area (Å²) in [5.41, 5.74) is 3.70. The molecule has 1 amide bonds. The third-order valence-electron chi connectivity index (χ3n) is 3.97. The molecule has 1 heterocycles. The Balaban J connectivity index is 1.60. The van der Waals surface area contributed by atoms with Crippen LogP contribution >= 0.6 is 0 Å². The molecular weight excluding hydrogens is 372 g/mol. The van der Waals surface area contributed by atoms with Crippen LogP contribution in [-0.4, -0.2) is 29.8 Å². The zero-order valence-corrected chi connectivity index (χ0v) is 15.8. The molecule has 0 aliphatic rings. The van der Waals surface area contributed by atoms with Crippen LogP contribution < -0.4 is 10.2 Å². The van der Waals surface area contributed by atoms with E-state index >= 15 is 0 Å². The van der Waals surface area contributed by atoms with Crippen molar-refractivity contribution in [3.05, 3.63) is 77.6 Å². The van der Waals surface area contributed by atoms with E-state index in [9.17, 15) is 9.59 Å². The topological polar surface area (TPSA) is 101 Å². The molecule has 3 rings (SSSR count). The van der Waals surface area contributed by atoms with E-state index in [0.29, 0.717) is 35.0 Å². The summed E-state index contributed by atoms with van der Waals surface area (Å²) in [6.07, 6.45) is 2.29. The molecule has 29 heavy (non-hydrogen) atoms. The van der Waals surface area contributed by atoms with Crippen LogP contribution in [-0.2, 0) is 0 Å². The second-order valence-electron chi connectivity index (χ2n) is 6.16. The molecule has 0 aliphatic carbocycles. The van der Waals surface area contributed by atoms with Crippen LogP contribution in [0.5, 0.6) is 5.75 Å². The number of carboxylic acids is 1. The van der Waals surface area contributed by atoms with Gasteiger partial charge in [0.05, 0.1) is 18.4 Å². The quantitative estimate of drug-likeness (QED) is 0.442. The Morgan fingerprint density at radius 3 is 2.62 bits per heavy atom. The molecule has 0 unspecified atom stereocenters. The van der Waals surface area contributed by atoms with E-state index in [1.54, 1.807) is 48.5 Å². The third-order valence-corrected chi connectivity index (χ3v) is 3.97. The molecule has 0 bridgehead atoms. The van der Waals surface area contributed by atoms with Gasteiger partial charge in [0.25, 0.3) is 5.91 Å². The van der Waals surface area contributed by atoms with Gasteiger partial charge in [0.1, 0.15) is 17.3 Å². The van der Waals surface area contributed by atoms with Gasteiger partial charge in [0.15, 0.2) is 0 Å². The van der Waals surface area contributed by atoms with Gasteiger partial charge in [0.2, 0.25) is 0 Å². The molecular formula is C22H20N2O5. The normalized spacial score (nSPS) is 10.8. The molecule has 0 aliphatic heterocycles. The number of rotatable bonds is 8. The molecule has 0 atom stereocenters. The van der Waals surface area contributed by atoms with Gasteiger partial charge in [0, 0.05) is 11.1 Å². The number of ether oxygens (including phenoxy) is 1. The van der Waals surface area contributed by atoms with Crippen molar-refractivity contribution in [2.24, 2.45) is 5.10 Å². The first-order valence-electron chi connectivity index (χ1n) is 9.06. The van der Waals surface area contributed by atoms with Crippen molar-refractivity contribution in [1.29, 1.82) is 0 Å². The summed E-state index contributed by atoms with van der Waals surface area (Å²) in [6, 6.07) is 16.6. The lowest BCUT2D eigenvalue weighted by Gasteiger charge is -2.05. The smallest absolute Gasteiger partial charge is 0.335 e. The number of nitrogens with zero attached hydrogens (tertiary/aromatic N) is 1. The van der Waals surface area contributed by atoms with E-state index in [2.05, 4.69) is 10.5 Å². The lowest BCUT2D eigenvalue weighted by atomic mass is 10.1. The van der Waals surface area contributed by atoms with Crippen molar-refractivity contribution in [2.75, 3.05) is 6.61 Å². The highest BCUT2D eigenvalue weighted by Crippen LogP contribution is 2.22. The predicted molar refractivity (Wildman–Crippen MR) is 108 cm³/mol. The fourth-order valence-electron chi connectivity index (χ4n) is 2.52. The van der Waals surface area contributed by atoms with Crippen LogP contribution in [0.3, 0.4) is 0 Å². The second kappa shape index (κ2) is 9.36. The Hall–Kier alpha value is -3.87. The van der Waals surface area contributed by atoms with Gasteiger partial charge in [-0.1, -0.05) is 19.1 Å². The zero-order valence-electron chi connectivity index (χ0n) is 15.8. The van der Waals surface area contributed by atoms with Crippen molar-refractivity contribution >= 4 is 18.1 Å². The van der Waals surface area contributed by atoms with E-state index < -0.39 is 5.97 Å². The van der Waals surface area contributed by atoms with Gasteiger partial charge in [-0.15, -0.1) is 0 Å². The molecule has 7 heteroatoms. The Labute approximate surface area is 167 Å². The third kappa shape index (κ3) is 5.32. The minimum Gasteiger partial charge on any atom is -0.494 e. The van der Waals surface area contributed by atoms with Crippen molar-refractivity contribution in [1.82, 2.24) is 5.43 Å². The average molecular weight is 392 g/mol. The van der Waals surface area contributed by atoms with E-state index in [1.807, 2.05) is 6.92 Å². The number of amides is 1. The van der Waals surface area contributed by atoms with Gasteiger partial charge in [-0.3, -0.25) is 4.79 Å². The number of carbonyl (C=O) groups is 2. The number of furan rings is 1. The first kappa shape index (κ1) is 19.9. The molecule has 0 fully saturated rings. The first-order valence-corrected chi connectivity index (χ1v) is 9.06. The van der Waals surface area contributed by atoms with E-state index in [4.69, 9.17) is 14.3 Å². The van der Waals surface area contributed by atoms with Crippen molar-refractivity contribution < 1.29 is 23.8 Å². The average Bonchev–Trinajstić information content (AvgIpc) is 3.21. The summed E-state index contributed by atoms with van der Waals surface area (Å²) >= 11 is 0. The van der Waals surface area contributed by atoms with Gasteiger partial charge in [-0.2, -0.15) is 5.10 Å². The summed E-state index contributed by atoms with van der Waals surface area (Å²) < 4.78 is 11.1. The number of hydrogen-bond donors (Lipinski definition) is 2. The Bertz CT molecular complexity index is 1020. The Morgan fingerprint density at radius 1 is 1.10 bits per heavy atom. The predicted octanol–water partition coefficient (Wildman–Crippen LogP) is 4.20. The summed E-state index contributed by atoms with van der Waals surface area (Å²) in [5, 5.41) is 13.0. The molecule has 148 valence electrons. The van der Waals surface area contributed by atoms with Crippen LogP contribution in [0.4, 0.5) is 0 Å². The van der Waals surface area contributed by atoms with E-state index in [-0.39, 0.29) is 11.5 Å². The van der Waals surface area contributed by atoms with Crippen LogP contribution in [0.2, 0.25) is 0 Å². The van der Waals surface area contributed by atoms with Gasteiger partial charge >= 0.3 is 5.97 Å². The summed E-state index contributed by atoms with van der Waals surface area (Å²) in [4.78, 5) is 23.2. The van der Waals surface area contributed by atoms with Crippen LogP contribution in [0.15, 0.2) is 70.2 Å². The molecule has 0 saturated carbocycles. The van der Waals surface area contributed by atoms with Crippen molar-refractivity contribution in [3.8, 4) is 17.1 Å². The lowest BCUT2D eigenvalue weighted by Crippen LogP contribution is -2.17.